The SMILES string of the molecule is C=Cc1cnc(C(=C)Nc2cccc(-n3nnc4ccccc43)c2C)c(/C=C\C)c1. The lowest BCUT2D eigenvalue weighted by Crippen LogP contribution is -2.06. The van der Waals surface area contributed by atoms with Crippen LogP contribution in [0.3, 0.4) is 0 Å². The largest absolute Gasteiger partial charge is 0.354 e. The van der Waals surface area contributed by atoms with E-state index in [2.05, 4.69) is 40.7 Å². The van der Waals surface area contributed by atoms with Crippen molar-refractivity contribution in [1.29, 1.82) is 0 Å². The summed E-state index contributed by atoms with van der Waals surface area (Å²) >= 11 is 0. The molecule has 0 fully saturated rings. The number of allylic oxidation sites excluding steroid dienone is 1. The van der Waals surface area contributed by atoms with Gasteiger partial charge in [0.2, 0.25) is 0 Å². The molecule has 30 heavy (non-hydrogen) atoms. The van der Waals surface area contributed by atoms with Crippen LogP contribution < -0.4 is 5.32 Å². The van der Waals surface area contributed by atoms with Crippen molar-refractivity contribution in [3.63, 3.8) is 0 Å². The van der Waals surface area contributed by atoms with E-state index in [-0.39, 0.29) is 0 Å². The van der Waals surface area contributed by atoms with Crippen LogP contribution in [0, 0.1) is 6.92 Å². The number of aromatic nitrogens is 4. The predicted octanol–water partition coefficient (Wildman–Crippen LogP) is 5.88. The summed E-state index contributed by atoms with van der Waals surface area (Å²) in [6.07, 6.45) is 7.60. The second kappa shape index (κ2) is 8.17. The van der Waals surface area contributed by atoms with E-state index in [4.69, 9.17) is 0 Å². The summed E-state index contributed by atoms with van der Waals surface area (Å²) in [6.45, 7) is 12.1. The van der Waals surface area contributed by atoms with Crippen LogP contribution in [-0.2, 0) is 0 Å². The molecule has 1 N–H and O–H groups in total. The summed E-state index contributed by atoms with van der Waals surface area (Å²) in [4.78, 5) is 4.59. The van der Waals surface area contributed by atoms with Crippen molar-refractivity contribution in [2.75, 3.05) is 5.32 Å². The molecule has 0 unspecified atom stereocenters. The van der Waals surface area contributed by atoms with Crippen molar-refractivity contribution in [3.05, 3.63) is 96.3 Å². The Hall–Kier alpha value is -3.99. The van der Waals surface area contributed by atoms with Gasteiger partial charge >= 0.3 is 0 Å². The van der Waals surface area contributed by atoms with Gasteiger partial charge in [0.05, 0.1) is 22.6 Å². The highest BCUT2D eigenvalue weighted by Crippen LogP contribution is 2.28. The number of para-hydroxylation sites is 1. The summed E-state index contributed by atoms with van der Waals surface area (Å²) < 4.78 is 1.86. The summed E-state index contributed by atoms with van der Waals surface area (Å²) in [5.74, 6) is 0. The van der Waals surface area contributed by atoms with Crippen LogP contribution in [0.25, 0.3) is 34.6 Å². The first-order chi connectivity index (χ1) is 14.6. The fourth-order valence-electron chi connectivity index (χ4n) is 3.43. The molecule has 4 rings (SSSR count). The third-order valence-corrected chi connectivity index (χ3v) is 4.98. The maximum atomic E-state index is 4.59. The van der Waals surface area contributed by atoms with Gasteiger partial charge in [-0.15, -0.1) is 5.10 Å². The second-order valence-corrected chi connectivity index (χ2v) is 6.95. The van der Waals surface area contributed by atoms with E-state index in [1.54, 1.807) is 12.3 Å². The van der Waals surface area contributed by atoms with Crippen LogP contribution in [0.1, 0.15) is 29.3 Å². The van der Waals surface area contributed by atoms with Crippen molar-refractivity contribution in [2.45, 2.75) is 13.8 Å². The summed E-state index contributed by atoms with van der Waals surface area (Å²) in [5.41, 5.74) is 8.26. The molecular weight excluding hydrogens is 370 g/mol. The normalized spacial score (nSPS) is 11.1. The van der Waals surface area contributed by atoms with E-state index < -0.39 is 0 Å². The topological polar surface area (TPSA) is 55.6 Å². The molecule has 2 heterocycles. The van der Waals surface area contributed by atoms with Gasteiger partial charge in [0.25, 0.3) is 0 Å². The number of nitrogens with one attached hydrogen (secondary N) is 1. The van der Waals surface area contributed by atoms with Gasteiger partial charge in [-0.3, -0.25) is 4.98 Å². The van der Waals surface area contributed by atoms with Gasteiger partial charge in [0.15, 0.2) is 0 Å². The molecule has 0 atom stereocenters. The number of hydrogen-bond acceptors (Lipinski definition) is 4. The predicted molar refractivity (Wildman–Crippen MR) is 125 cm³/mol. The van der Waals surface area contributed by atoms with Crippen LogP contribution >= 0.6 is 0 Å². The Morgan fingerprint density at radius 1 is 1.13 bits per heavy atom. The average Bonchev–Trinajstić information content (AvgIpc) is 3.19. The Morgan fingerprint density at radius 2 is 1.97 bits per heavy atom. The van der Waals surface area contributed by atoms with Crippen LogP contribution in [0.15, 0.2) is 74.0 Å². The zero-order valence-corrected chi connectivity index (χ0v) is 17.1. The third-order valence-electron chi connectivity index (χ3n) is 4.98. The van der Waals surface area contributed by atoms with E-state index in [1.807, 2.05) is 72.3 Å². The molecule has 0 saturated carbocycles. The first-order valence-corrected chi connectivity index (χ1v) is 9.74. The summed E-state index contributed by atoms with van der Waals surface area (Å²) in [7, 11) is 0. The number of fused-ring (bicyclic) bond motifs is 1. The molecule has 0 saturated heterocycles. The van der Waals surface area contributed by atoms with E-state index in [0.717, 1.165) is 50.5 Å². The van der Waals surface area contributed by atoms with Crippen molar-refractivity contribution < 1.29 is 0 Å². The molecule has 2 aromatic carbocycles. The van der Waals surface area contributed by atoms with Gasteiger partial charge in [0, 0.05) is 17.4 Å². The van der Waals surface area contributed by atoms with Gasteiger partial charge in [0.1, 0.15) is 5.52 Å². The molecule has 0 aliphatic rings. The minimum Gasteiger partial charge on any atom is -0.354 e. The number of nitrogens with zero attached hydrogens (tertiary/aromatic N) is 4. The third kappa shape index (κ3) is 3.53. The number of rotatable bonds is 6. The molecule has 0 amide bonds. The Balaban J connectivity index is 1.71. The van der Waals surface area contributed by atoms with Gasteiger partial charge in [-0.2, -0.15) is 0 Å². The average molecular weight is 393 g/mol. The van der Waals surface area contributed by atoms with Crippen molar-refractivity contribution >= 4 is 34.6 Å². The quantitative estimate of drug-likeness (QED) is 0.444. The van der Waals surface area contributed by atoms with E-state index in [9.17, 15) is 0 Å². The zero-order valence-electron chi connectivity index (χ0n) is 17.1. The molecule has 0 aliphatic carbocycles. The minimum atomic E-state index is 0.724. The Kier molecular flexibility index (Phi) is 5.26. The Bertz CT molecular complexity index is 1280. The van der Waals surface area contributed by atoms with Crippen molar-refractivity contribution in [3.8, 4) is 5.69 Å². The zero-order chi connectivity index (χ0) is 21.1. The van der Waals surface area contributed by atoms with Crippen LogP contribution in [0.5, 0.6) is 0 Å². The molecule has 0 bridgehead atoms. The first kappa shape index (κ1) is 19.3. The molecule has 2 aromatic heterocycles. The lowest BCUT2D eigenvalue weighted by molar-refractivity contribution is 0.819. The van der Waals surface area contributed by atoms with Crippen molar-refractivity contribution in [2.24, 2.45) is 0 Å². The summed E-state index contributed by atoms with van der Waals surface area (Å²) in [5, 5.41) is 12.1. The van der Waals surface area contributed by atoms with Crippen LogP contribution in [0.2, 0.25) is 0 Å². The molecule has 5 heteroatoms. The fourth-order valence-corrected chi connectivity index (χ4v) is 3.43. The highest BCUT2D eigenvalue weighted by molar-refractivity contribution is 5.82. The lowest BCUT2D eigenvalue weighted by Gasteiger charge is -2.16. The Morgan fingerprint density at radius 3 is 2.77 bits per heavy atom. The minimum absolute atomic E-state index is 0.724. The van der Waals surface area contributed by atoms with E-state index >= 15 is 0 Å². The molecule has 0 radical (unpaired) electrons. The Labute approximate surface area is 176 Å². The van der Waals surface area contributed by atoms with Crippen LogP contribution in [-0.4, -0.2) is 20.0 Å². The highest BCUT2D eigenvalue weighted by Gasteiger charge is 2.13. The van der Waals surface area contributed by atoms with Gasteiger partial charge < -0.3 is 5.32 Å². The number of pyridine rings is 1. The highest BCUT2D eigenvalue weighted by atomic mass is 15.4. The molecule has 4 aromatic rings. The smallest absolute Gasteiger partial charge is 0.113 e. The molecule has 148 valence electrons. The first-order valence-electron chi connectivity index (χ1n) is 9.74. The lowest BCUT2D eigenvalue weighted by atomic mass is 10.1. The standard InChI is InChI=1S/C25H23N5/c1-5-10-20-15-19(6-2)16-26-25(20)18(4)27-21-12-9-14-23(17(21)3)30-24-13-8-7-11-22(24)28-29-30/h5-16,27H,2,4H2,1,3H3/b10-5-. The number of anilines is 1. The maximum Gasteiger partial charge on any atom is 0.113 e. The molecule has 5 nitrogen and oxygen atoms in total. The van der Waals surface area contributed by atoms with Crippen LogP contribution in [0.4, 0.5) is 5.69 Å². The van der Waals surface area contributed by atoms with E-state index in [1.165, 1.54) is 0 Å². The van der Waals surface area contributed by atoms with Crippen molar-refractivity contribution in [1.82, 2.24) is 20.0 Å². The maximum absolute atomic E-state index is 4.59. The van der Waals surface area contributed by atoms with Gasteiger partial charge in [-0.1, -0.05) is 54.8 Å². The molecule has 0 aliphatic heterocycles. The summed E-state index contributed by atoms with van der Waals surface area (Å²) in [6, 6.07) is 16.0. The molecular formula is C25H23N5. The monoisotopic (exact) mass is 393 g/mol. The van der Waals surface area contributed by atoms with E-state index in [0.29, 0.717) is 0 Å². The van der Waals surface area contributed by atoms with Gasteiger partial charge in [-0.25, -0.2) is 4.68 Å². The number of hydrogen-bond donors (Lipinski definition) is 1. The molecule has 0 spiro atoms. The second-order valence-electron chi connectivity index (χ2n) is 6.95. The number of benzene rings is 2. The fraction of sp³-hybridized carbons (Fsp3) is 0.0800. The van der Waals surface area contributed by atoms with Gasteiger partial charge in [-0.05, 0) is 55.3 Å².